The quantitative estimate of drug-likeness (QED) is 0.544. The van der Waals surface area contributed by atoms with Gasteiger partial charge in [-0.2, -0.15) is 0 Å². The topological polar surface area (TPSA) is 15.3 Å². The first kappa shape index (κ1) is 8.58. The Labute approximate surface area is 69.0 Å². The summed E-state index contributed by atoms with van der Waals surface area (Å²) >= 11 is 0. The molecule has 0 amide bonds. The van der Waals surface area contributed by atoms with Crippen LogP contribution in [0, 0.1) is 12.3 Å². The Balaban J connectivity index is 2.48. The predicted octanol–water partition coefficient (Wildman–Crippen LogP) is 0.302. The molecule has 1 saturated heterocycles. The van der Waals surface area contributed by atoms with Gasteiger partial charge < -0.3 is 5.32 Å². The van der Waals surface area contributed by atoms with Crippen molar-refractivity contribution in [3.63, 3.8) is 0 Å². The molecule has 0 bridgehead atoms. The minimum Gasteiger partial charge on any atom is -0.314 e. The summed E-state index contributed by atoms with van der Waals surface area (Å²) in [6, 6.07) is 0.863. The van der Waals surface area contributed by atoms with Gasteiger partial charge in [-0.15, -0.1) is 6.42 Å². The van der Waals surface area contributed by atoms with E-state index in [0.29, 0.717) is 6.04 Å². The molecule has 1 fully saturated rings. The second-order valence-electron chi connectivity index (χ2n) is 3.13. The predicted molar refractivity (Wildman–Crippen MR) is 47.3 cm³/mol. The summed E-state index contributed by atoms with van der Waals surface area (Å²) in [5.41, 5.74) is 0. The Bertz CT molecular complexity index is 159. The second kappa shape index (κ2) is 3.75. The van der Waals surface area contributed by atoms with Gasteiger partial charge in [0, 0.05) is 25.7 Å². The van der Waals surface area contributed by atoms with E-state index in [-0.39, 0.29) is 6.04 Å². The van der Waals surface area contributed by atoms with Crippen molar-refractivity contribution in [3.05, 3.63) is 0 Å². The number of piperazine rings is 1. The maximum Gasteiger partial charge on any atom is 0.0686 e. The molecule has 0 radical (unpaired) electrons. The molecule has 62 valence electrons. The second-order valence-corrected chi connectivity index (χ2v) is 3.13. The Morgan fingerprint density at radius 3 is 3.00 bits per heavy atom. The lowest BCUT2D eigenvalue weighted by Crippen LogP contribution is -2.52. The molecule has 2 heteroatoms. The normalized spacial score (nSPS) is 29.4. The summed E-state index contributed by atoms with van der Waals surface area (Å²) in [6.07, 6.45) is 5.35. The van der Waals surface area contributed by atoms with Crippen LogP contribution in [0.1, 0.15) is 13.8 Å². The molecule has 2 nitrogen and oxygen atoms in total. The minimum atomic E-state index is 0.284. The van der Waals surface area contributed by atoms with Crippen molar-refractivity contribution in [2.24, 2.45) is 0 Å². The van der Waals surface area contributed by atoms with E-state index in [9.17, 15) is 0 Å². The van der Waals surface area contributed by atoms with E-state index >= 15 is 0 Å². The van der Waals surface area contributed by atoms with E-state index in [2.05, 4.69) is 30.0 Å². The molecular formula is C9H16N2. The fraction of sp³-hybridized carbons (Fsp3) is 0.778. The average molecular weight is 152 g/mol. The summed E-state index contributed by atoms with van der Waals surface area (Å²) in [6.45, 7) is 7.50. The van der Waals surface area contributed by atoms with Crippen molar-refractivity contribution in [2.75, 3.05) is 19.6 Å². The van der Waals surface area contributed by atoms with Gasteiger partial charge in [0.15, 0.2) is 0 Å². The van der Waals surface area contributed by atoms with E-state index in [1.54, 1.807) is 0 Å². The first-order chi connectivity index (χ1) is 5.25. The summed E-state index contributed by atoms with van der Waals surface area (Å²) in [5, 5.41) is 3.33. The summed E-state index contributed by atoms with van der Waals surface area (Å²) in [5.74, 6) is 2.76. The van der Waals surface area contributed by atoms with Crippen LogP contribution in [0.5, 0.6) is 0 Å². The molecule has 1 rings (SSSR count). The molecular weight excluding hydrogens is 136 g/mol. The molecule has 0 aromatic heterocycles. The zero-order chi connectivity index (χ0) is 8.27. The van der Waals surface area contributed by atoms with Crippen LogP contribution >= 0.6 is 0 Å². The number of nitrogens with one attached hydrogen (secondary N) is 1. The third-order valence-corrected chi connectivity index (χ3v) is 2.29. The van der Waals surface area contributed by atoms with Gasteiger partial charge in [-0.05, 0) is 13.8 Å². The van der Waals surface area contributed by atoms with Gasteiger partial charge in [-0.1, -0.05) is 5.92 Å². The van der Waals surface area contributed by atoms with Crippen molar-refractivity contribution in [2.45, 2.75) is 25.9 Å². The summed E-state index contributed by atoms with van der Waals surface area (Å²) in [7, 11) is 0. The van der Waals surface area contributed by atoms with Gasteiger partial charge in [0.25, 0.3) is 0 Å². The zero-order valence-corrected chi connectivity index (χ0v) is 7.30. The lowest BCUT2D eigenvalue weighted by Gasteiger charge is -2.36. The Kier molecular flexibility index (Phi) is 2.92. The van der Waals surface area contributed by atoms with Crippen molar-refractivity contribution in [3.8, 4) is 12.3 Å². The van der Waals surface area contributed by atoms with Crippen LogP contribution in [-0.2, 0) is 0 Å². The van der Waals surface area contributed by atoms with Crippen molar-refractivity contribution in [1.29, 1.82) is 0 Å². The third kappa shape index (κ3) is 1.95. The fourth-order valence-electron chi connectivity index (χ4n) is 1.53. The number of hydrogen-bond acceptors (Lipinski definition) is 2. The Morgan fingerprint density at radius 1 is 1.73 bits per heavy atom. The molecule has 1 unspecified atom stereocenters. The average Bonchev–Trinajstić information content (AvgIpc) is 2.04. The molecule has 1 N–H and O–H groups in total. The van der Waals surface area contributed by atoms with Crippen molar-refractivity contribution < 1.29 is 0 Å². The monoisotopic (exact) mass is 152 g/mol. The van der Waals surface area contributed by atoms with Crippen LogP contribution in [0.25, 0.3) is 0 Å². The molecule has 1 aliphatic rings. The maximum absolute atomic E-state index is 5.35. The highest BCUT2D eigenvalue weighted by Gasteiger charge is 2.20. The summed E-state index contributed by atoms with van der Waals surface area (Å²) < 4.78 is 0. The van der Waals surface area contributed by atoms with Crippen LogP contribution < -0.4 is 5.32 Å². The van der Waals surface area contributed by atoms with E-state index in [4.69, 9.17) is 6.42 Å². The Morgan fingerprint density at radius 2 is 2.45 bits per heavy atom. The fourth-order valence-corrected chi connectivity index (χ4v) is 1.53. The van der Waals surface area contributed by atoms with Gasteiger partial charge in [0.2, 0.25) is 0 Å². The largest absolute Gasteiger partial charge is 0.314 e. The van der Waals surface area contributed by atoms with E-state index in [0.717, 1.165) is 19.6 Å². The van der Waals surface area contributed by atoms with Crippen LogP contribution in [0.4, 0.5) is 0 Å². The van der Waals surface area contributed by atoms with Crippen LogP contribution in [0.2, 0.25) is 0 Å². The highest BCUT2D eigenvalue weighted by atomic mass is 15.2. The molecule has 0 saturated carbocycles. The molecule has 0 aromatic rings. The van der Waals surface area contributed by atoms with Crippen molar-refractivity contribution in [1.82, 2.24) is 10.2 Å². The number of rotatable bonds is 1. The van der Waals surface area contributed by atoms with E-state index < -0.39 is 0 Å². The first-order valence-corrected chi connectivity index (χ1v) is 4.18. The maximum atomic E-state index is 5.35. The number of nitrogens with zero attached hydrogens (tertiary/aromatic N) is 1. The standard InChI is InChI=1S/C9H16N2/c1-4-8(2)11-6-5-10-7-9(11)3/h1,8-10H,5-7H2,2-3H3/t8?,9-/m1/s1. The van der Waals surface area contributed by atoms with Gasteiger partial charge in [0.05, 0.1) is 6.04 Å². The van der Waals surface area contributed by atoms with Gasteiger partial charge >= 0.3 is 0 Å². The summed E-state index contributed by atoms with van der Waals surface area (Å²) in [4.78, 5) is 2.36. The molecule has 2 atom stereocenters. The van der Waals surface area contributed by atoms with E-state index in [1.807, 2.05) is 0 Å². The zero-order valence-electron chi connectivity index (χ0n) is 7.30. The van der Waals surface area contributed by atoms with Gasteiger partial charge in [0.1, 0.15) is 0 Å². The van der Waals surface area contributed by atoms with Gasteiger partial charge in [-0.3, -0.25) is 4.90 Å². The lowest BCUT2D eigenvalue weighted by atomic mass is 10.1. The van der Waals surface area contributed by atoms with Crippen LogP contribution in [0.3, 0.4) is 0 Å². The van der Waals surface area contributed by atoms with Gasteiger partial charge in [-0.25, -0.2) is 0 Å². The first-order valence-electron chi connectivity index (χ1n) is 4.18. The molecule has 0 aromatic carbocycles. The molecule has 1 aliphatic heterocycles. The van der Waals surface area contributed by atoms with E-state index in [1.165, 1.54) is 0 Å². The molecule has 1 heterocycles. The van der Waals surface area contributed by atoms with Crippen molar-refractivity contribution >= 4 is 0 Å². The number of hydrogen-bond donors (Lipinski definition) is 1. The molecule has 0 aliphatic carbocycles. The molecule has 0 spiro atoms. The highest BCUT2D eigenvalue weighted by Crippen LogP contribution is 2.06. The minimum absolute atomic E-state index is 0.284. The molecule has 11 heavy (non-hydrogen) atoms. The Hall–Kier alpha value is -0.520. The third-order valence-electron chi connectivity index (χ3n) is 2.29. The lowest BCUT2D eigenvalue weighted by molar-refractivity contribution is 0.153. The SMILES string of the molecule is C#CC(C)N1CCNC[C@H]1C. The van der Waals surface area contributed by atoms with Crippen LogP contribution in [0.15, 0.2) is 0 Å². The van der Waals surface area contributed by atoms with Crippen LogP contribution in [-0.4, -0.2) is 36.6 Å². The number of terminal acetylenes is 1. The smallest absolute Gasteiger partial charge is 0.0686 e. The highest BCUT2D eigenvalue weighted by molar-refractivity contribution is 4.99.